The van der Waals surface area contributed by atoms with E-state index in [4.69, 9.17) is 11.6 Å². The van der Waals surface area contributed by atoms with Gasteiger partial charge in [-0.3, -0.25) is 4.79 Å². The lowest BCUT2D eigenvalue weighted by molar-refractivity contribution is -0.150. The summed E-state index contributed by atoms with van der Waals surface area (Å²) in [6.07, 6.45) is 7.92. The lowest BCUT2D eigenvalue weighted by Crippen LogP contribution is -2.60. The minimum Gasteiger partial charge on any atom is -0.326 e. The van der Waals surface area contributed by atoms with Crippen molar-refractivity contribution < 1.29 is 4.79 Å². The third-order valence-electron chi connectivity index (χ3n) is 6.54. The Morgan fingerprint density at radius 1 is 1.27 bits per heavy atom. The summed E-state index contributed by atoms with van der Waals surface area (Å²) >= 11 is 9.47. The maximum Gasteiger partial charge on any atom is 0.242 e. The summed E-state index contributed by atoms with van der Waals surface area (Å²) in [5, 5.41) is 7.88. The summed E-state index contributed by atoms with van der Waals surface area (Å²) in [5.41, 5.74) is 0.418. The smallest absolute Gasteiger partial charge is 0.242 e. The van der Waals surface area contributed by atoms with Gasteiger partial charge in [0, 0.05) is 10.2 Å². The Labute approximate surface area is 165 Å². The van der Waals surface area contributed by atoms with Crippen molar-refractivity contribution >= 4 is 39.1 Å². The molecule has 2 atom stereocenters. The van der Waals surface area contributed by atoms with E-state index in [2.05, 4.69) is 31.3 Å². The van der Waals surface area contributed by atoms with Gasteiger partial charge in [-0.15, -0.1) is 5.10 Å². The van der Waals surface area contributed by atoms with Crippen molar-refractivity contribution in [1.29, 1.82) is 0 Å². The van der Waals surface area contributed by atoms with E-state index in [1.807, 2.05) is 28.9 Å². The second-order valence-electron chi connectivity index (χ2n) is 8.39. The first-order valence-electron chi connectivity index (χ1n) is 9.11. The summed E-state index contributed by atoms with van der Waals surface area (Å²) in [4.78, 5) is 17.5. The number of rotatable bonds is 3. The van der Waals surface area contributed by atoms with Gasteiger partial charge in [0.25, 0.3) is 0 Å². The molecule has 1 amide bonds. The van der Waals surface area contributed by atoms with Crippen LogP contribution in [0, 0.1) is 17.3 Å². The second kappa shape index (κ2) is 5.80. The van der Waals surface area contributed by atoms with Crippen LogP contribution < -0.4 is 5.32 Å². The second-order valence-corrected chi connectivity index (χ2v) is 9.64. The van der Waals surface area contributed by atoms with E-state index >= 15 is 0 Å². The van der Waals surface area contributed by atoms with Gasteiger partial charge in [0.05, 0.1) is 11.0 Å². The molecule has 4 bridgehead atoms. The van der Waals surface area contributed by atoms with E-state index in [-0.39, 0.29) is 22.1 Å². The summed E-state index contributed by atoms with van der Waals surface area (Å²) in [6.45, 7) is 0. The zero-order chi connectivity index (χ0) is 17.9. The third-order valence-corrected chi connectivity index (χ3v) is 7.21. The van der Waals surface area contributed by atoms with E-state index in [1.165, 1.54) is 6.42 Å². The average Bonchev–Trinajstić information content (AvgIpc) is 3.01. The molecule has 4 aliphatic carbocycles. The maximum atomic E-state index is 13.4. The Morgan fingerprint density at radius 2 is 2.04 bits per heavy atom. The molecular formula is C19H20BrClN4O. The number of nitrogens with zero attached hydrogens (tertiary/aromatic N) is 3. The number of amides is 1. The number of anilines is 1. The summed E-state index contributed by atoms with van der Waals surface area (Å²) in [5.74, 6) is 1.31. The summed E-state index contributed by atoms with van der Waals surface area (Å²) in [6, 6.07) is 7.80. The van der Waals surface area contributed by atoms with Crippen LogP contribution in [-0.2, 0) is 10.3 Å². The minimum absolute atomic E-state index is 0.112. The molecule has 26 heavy (non-hydrogen) atoms. The van der Waals surface area contributed by atoms with Crippen LogP contribution in [0.15, 0.2) is 35.1 Å². The van der Waals surface area contributed by atoms with Crippen LogP contribution in [0.1, 0.15) is 38.5 Å². The number of hydrogen-bond acceptors (Lipinski definition) is 3. The predicted octanol–water partition coefficient (Wildman–Crippen LogP) is 4.63. The van der Waals surface area contributed by atoms with Gasteiger partial charge in [0.15, 0.2) is 0 Å². The predicted molar refractivity (Wildman–Crippen MR) is 103 cm³/mol. The number of carbonyl (C=O) groups excluding carboxylic acids is 1. The fourth-order valence-corrected chi connectivity index (χ4v) is 6.57. The normalized spacial score (nSPS) is 34.8. The summed E-state index contributed by atoms with van der Waals surface area (Å²) < 4.78 is 2.92. The van der Waals surface area contributed by atoms with Gasteiger partial charge in [0.1, 0.15) is 6.33 Å². The molecule has 1 aromatic carbocycles. The Kier molecular flexibility index (Phi) is 3.73. The Hall–Kier alpha value is -1.40. The Bertz CT molecular complexity index is 868. The molecule has 4 saturated carbocycles. The molecule has 1 aromatic heterocycles. The zero-order valence-electron chi connectivity index (χ0n) is 14.3. The molecule has 1 heterocycles. The molecule has 7 heteroatoms. The van der Waals surface area contributed by atoms with Crippen LogP contribution in [0.25, 0.3) is 0 Å². The zero-order valence-corrected chi connectivity index (χ0v) is 16.6. The van der Waals surface area contributed by atoms with Crippen molar-refractivity contribution in [3.05, 3.63) is 40.3 Å². The van der Waals surface area contributed by atoms with Gasteiger partial charge in [-0.1, -0.05) is 22.0 Å². The van der Waals surface area contributed by atoms with E-state index in [9.17, 15) is 4.79 Å². The molecule has 4 aliphatic rings. The van der Waals surface area contributed by atoms with Gasteiger partial charge in [0.2, 0.25) is 11.2 Å². The number of benzene rings is 1. The molecule has 6 rings (SSSR count). The van der Waals surface area contributed by atoms with Crippen molar-refractivity contribution in [1.82, 2.24) is 14.8 Å². The van der Waals surface area contributed by atoms with Crippen LogP contribution in [0.3, 0.4) is 0 Å². The van der Waals surface area contributed by atoms with Crippen LogP contribution in [-0.4, -0.2) is 20.7 Å². The molecule has 0 radical (unpaired) electrons. The Balaban J connectivity index is 1.47. The number of aromatic nitrogens is 3. The van der Waals surface area contributed by atoms with Crippen LogP contribution >= 0.6 is 27.5 Å². The quantitative estimate of drug-likeness (QED) is 0.765. The molecular weight excluding hydrogens is 416 g/mol. The van der Waals surface area contributed by atoms with Crippen LogP contribution in [0.4, 0.5) is 5.69 Å². The molecule has 2 unspecified atom stereocenters. The maximum absolute atomic E-state index is 13.4. The molecule has 0 spiro atoms. The first-order valence-corrected chi connectivity index (χ1v) is 10.3. The molecule has 4 fully saturated rings. The monoisotopic (exact) mass is 434 g/mol. The van der Waals surface area contributed by atoms with Gasteiger partial charge < -0.3 is 5.32 Å². The van der Waals surface area contributed by atoms with Crippen molar-refractivity contribution in [3.8, 4) is 0 Å². The summed E-state index contributed by atoms with van der Waals surface area (Å²) in [7, 11) is 0. The fraction of sp³-hybridized carbons (Fsp3) is 0.526. The van der Waals surface area contributed by atoms with E-state index in [1.54, 1.807) is 6.33 Å². The van der Waals surface area contributed by atoms with Crippen molar-refractivity contribution in [3.63, 3.8) is 0 Å². The standard InChI is InChI=1S/C19H20BrClN4O/c20-14-2-1-3-15(5-14)23-16(26)18-6-12-4-13(7-18)9-19(8-12,10-18)25-11-22-17(21)24-25/h1-3,5,11-13H,4,6-10H2,(H,23,26). The molecule has 2 aromatic rings. The fourth-order valence-electron chi connectivity index (χ4n) is 6.05. The SMILES string of the molecule is O=C(Nc1cccc(Br)c1)C12CC3CC(C1)CC(n1cnc(Cl)n1)(C3)C2. The lowest BCUT2D eigenvalue weighted by Gasteiger charge is -2.60. The molecule has 5 nitrogen and oxygen atoms in total. The largest absolute Gasteiger partial charge is 0.326 e. The molecule has 0 saturated heterocycles. The van der Waals surface area contributed by atoms with E-state index in [0.717, 1.165) is 42.3 Å². The van der Waals surface area contributed by atoms with Crippen molar-refractivity contribution in [2.75, 3.05) is 5.32 Å². The number of hydrogen-bond donors (Lipinski definition) is 1. The Morgan fingerprint density at radius 3 is 2.69 bits per heavy atom. The first kappa shape index (κ1) is 16.8. The van der Waals surface area contributed by atoms with Crippen molar-refractivity contribution in [2.24, 2.45) is 17.3 Å². The number of halogens is 2. The number of carbonyl (C=O) groups is 1. The van der Waals surface area contributed by atoms with Gasteiger partial charge >= 0.3 is 0 Å². The molecule has 1 N–H and O–H groups in total. The highest BCUT2D eigenvalue weighted by molar-refractivity contribution is 9.10. The van der Waals surface area contributed by atoms with E-state index < -0.39 is 0 Å². The number of nitrogens with one attached hydrogen (secondary N) is 1. The first-order chi connectivity index (χ1) is 12.5. The highest BCUT2D eigenvalue weighted by atomic mass is 79.9. The topological polar surface area (TPSA) is 59.8 Å². The minimum atomic E-state index is -0.315. The van der Waals surface area contributed by atoms with Crippen LogP contribution in [0.2, 0.25) is 5.28 Å². The third kappa shape index (κ3) is 2.61. The highest BCUT2D eigenvalue weighted by Gasteiger charge is 2.61. The lowest BCUT2D eigenvalue weighted by atomic mass is 9.46. The van der Waals surface area contributed by atoms with Gasteiger partial charge in [-0.05, 0) is 80.2 Å². The van der Waals surface area contributed by atoms with E-state index in [0.29, 0.717) is 11.8 Å². The van der Waals surface area contributed by atoms with Gasteiger partial charge in [-0.2, -0.15) is 0 Å². The highest BCUT2D eigenvalue weighted by Crippen LogP contribution is 2.64. The van der Waals surface area contributed by atoms with Gasteiger partial charge in [-0.25, -0.2) is 9.67 Å². The van der Waals surface area contributed by atoms with Crippen LogP contribution in [0.5, 0.6) is 0 Å². The average molecular weight is 436 g/mol. The molecule has 136 valence electrons. The van der Waals surface area contributed by atoms with Crippen molar-refractivity contribution in [2.45, 2.75) is 44.1 Å². The molecule has 0 aliphatic heterocycles.